The van der Waals surface area contributed by atoms with Crippen LogP contribution >= 0.6 is 0 Å². The first-order chi connectivity index (χ1) is 8.27. The van der Waals surface area contributed by atoms with Gasteiger partial charge >= 0.3 is 0 Å². The Balaban J connectivity index is 1.84. The number of hydrogen-bond donors (Lipinski definition) is 3. The molecular formula is C14H20NO2+. The molecule has 0 unspecified atom stereocenters. The van der Waals surface area contributed by atoms with Crippen LogP contribution in [0.25, 0.3) is 0 Å². The molecule has 3 heterocycles. The number of fused-ring (bicyclic) bond motifs is 3. The van der Waals surface area contributed by atoms with Gasteiger partial charge in [0.1, 0.15) is 18.2 Å². The molecule has 17 heavy (non-hydrogen) atoms. The maximum absolute atomic E-state index is 10.5. The van der Waals surface area contributed by atoms with E-state index in [1.807, 2.05) is 30.3 Å². The van der Waals surface area contributed by atoms with E-state index in [1.54, 1.807) is 0 Å². The summed E-state index contributed by atoms with van der Waals surface area (Å²) in [5, 5.41) is 20.8. The zero-order valence-electron chi connectivity index (χ0n) is 9.92. The second-order valence-electron chi connectivity index (χ2n) is 5.37. The second-order valence-corrected chi connectivity index (χ2v) is 5.37. The van der Waals surface area contributed by atoms with Crippen molar-refractivity contribution >= 4 is 0 Å². The maximum atomic E-state index is 10.5. The predicted octanol–water partition coefficient (Wildman–Crippen LogP) is -0.242. The summed E-state index contributed by atoms with van der Waals surface area (Å²) >= 11 is 0. The van der Waals surface area contributed by atoms with Gasteiger partial charge in [0, 0.05) is 18.8 Å². The summed E-state index contributed by atoms with van der Waals surface area (Å²) in [6, 6.07) is 9.69. The van der Waals surface area contributed by atoms with E-state index in [9.17, 15) is 10.2 Å². The lowest BCUT2D eigenvalue weighted by atomic mass is 9.77. The monoisotopic (exact) mass is 234 g/mol. The number of rotatable bonds is 2. The minimum Gasteiger partial charge on any atom is -0.387 e. The summed E-state index contributed by atoms with van der Waals surface area (Å²) in [7, 11) is 0. The van der Waals surface area contributed by atoms with Crippen molar-refractivity contribution < 1.29 is 15.1 Å². The van der Waals surface area contributed by atoms with Gasteiger partial charge in [-0.1, -0.05) is 30.3 Å². The van der Waals surface area contributed by atoms with Crippen LogP contribution in [0.3, 0.4) is 0 Å². The van der Waals surface area contributed by atoms with Crippen LogP contribution in [0.5, 0.6) is 0 Å². The number of aliphatic hydroxyl groups is 2. The number of piperidine rings is 3. The fraction of sp³-hybridized carbons (Fsp3) is 0.571. The van der Waals surface area contributed by atoms with Crippen LogP contribution in [0.15, 0.2) is 30.3 Å². The Morgan fingerprint density at radius 1 is 1.12 bits per heavy atom. The van der Waals surface area contributed by atoms with Crippen molar-refractivity contribution in [2.24, 2.45) is 5.92 Å². The molecule has 3 heteroatoms. The quantitative estimate of drug-likeness (QED) is 0.661. The van der Waals surface area contributed by atoms with Crippen LogP contribution in [0.2, 0.25) is 0 Å². The Bertz CT molecular complexity index is 371. The van der Waals surface area contributed by atoms with Crippen molar-refractivity contribution in [2.45, 2.75) is 31.1 Å². The fourth-order valence-electron chi connectivity index (χ4n) is 3.49. The molecule has 3 atom stereocenters. The minimum atomic E-state index is -0.538. The van der Waals surface area contributed by atoms with Crippen LogP contribution in [0.4, 0.5) is 0 Å². The second kappa shape index (κ2) is 4.41. The number of aliphatic hydroxyl groups excluding tert-OH is 2. The molecule has 1 aromatic rings. The first-order valence-corrected chi connectivity index (χ1v) is 6.53. The summed E-state index contributed by atoms with van der Waals surface area (Å²) in [4.78, 5) is 1.37. The molecule has 0 spiro atoms. The van der Waals surface area contributed by atoms with E-state index in [-0.39, 0.29) is 12.1 Å². The molecule has 0 aromatic heterocycles. The molecule has 0 saturated carbocycles. The van der Waals surface area contributed by atoms with Gasteiger partial charge in [-0.2, -0.15) is 0 Å². The van der Waals surface area contributed by atoms with E-state index < -0.39 is 6.10 Å². The molecule has 2 bridgehead atoms. The maximum Gasteiger partial charge on any atom is 0.144 e. The van der Waals surface area contributed by atoms with E-state index >= 15 is 0 Å². The minimum absolute atomic E-state index is 0.0371. The van der Waals surface area contributed by atoms with Gasteiger partial charge in [0.05, 0.1) is 13.1 Å². The van der Waals surface area contributed by atoms with Crippen molar-refractivity contribution in [3.63, 3.8) is 0 Å². The molecule has 4 rings (SSSR count). The third-order valence-electron chi connectivity index (χ3n) is 4.48. The van der Waals surface area contributed by atoms with Gasteiger partial charge < -0.3 is 15.1 Å². The first-order valence-electron chi connectivity index (χ1n) is 6.53. The Hall–Kier alpha value is -0.900. The van der Waals surface area contributed by atoms with Crippen molar-refractivity contribution in [2.75, 3.05) is 13.1 Å². The SMILES string of the molecule is O[C@@H]1C2CC[NH+](CC2)[C@@H]1[C@@H](O)c1ccccc1. The van der Waals surface area contributed by atoms with Gasteiger partial charge in [-0.3, -0.25) is 0 Å². The van der Waals surface area contributed by atoms with Crippen LogP contribution in [-0.4, -0.2) is 35.4 Å². The molecule has 0 aliphatic carbocycles. The summed E-state index contributed by atoms with van der Waals surface area (Å²) in [5.74, 6) is 0.399. The largest absolute Gasteiger partial charge is 0.387 e. The standard InChI is InChI=1S/C14H19NO2/c16-13(10-4-2-1-3-5-10)12-14(17)11-6-8-15(12)9-7-11/h1-5,11-14,16-17H,6-9H2/p+1/t12-,13+,14-/m1/s1. The van der Waals surface area contributed by atoms with Crippen molar-refractivity contribution in [1.29, 1.82) is 0 Å². The summed E-state index contributed by atoms with van der Waals surface area (Å²) in [6.45, 7) is 2.19. The Labute approximate surface area is 102 Å². The van der Waals surface area contributed by atoms with Crippen LogP contribution < -0.4 is 4.90 Å². The van der Waals surface area contributed by atoms with Gasteiger partial charge in [0.2, 0.25) is 0 Å². The average molecular weight is 234 g/mol. The lowest BCUT2D eigenvalue weighted by Crippen LogP contribution is -3.21. The lowest BCUT2D eigenvalue weighted by molar-refractivity contribution is -0.951. The zero-order chi connectivity index (χ0) is 11.8. The molecule has 3 aliphatic heterocycles. The third-order valence-corrected chi connectivity index (χ3v) is 4.48. The van der Waals surface area contributed by atoms with E-state index in [2.05, 4.69) is 0 Å². The van der Waals surface area contributed by atoms with Gasteiger partial charge in [-0.05, 0) is 5.56 Å². The first kappa shape index (κ1) is 11.2. The van der Waals surface area contributed by atoms with Gasteiger partial charge in [-0.15, -0.1) is 0 Å². The van der Waals surface area contributed by atoms with Crippen LogP contribution in [0.1, 0.15) is 24.5 Å². The fourth-order valence-corrected chi connectivity index (χ4v) is 3.49. The number of hydrogen-bond acceptors (Lipinski definition) is 2. The summed E-state index contributed by atoms with van der Waals surface area (Å²) in [6.07, 6.45) is 1.33. The van der Waals surface area contributed by atoms with Crippen molar-refractivity contribution in [3.05, 3.63) is 35.9 Å². The van der Waals surface area contributed by atoms with Gasteiger partial charge in [-0.25, -0.2) is 0 Å². The van der Waals surface area contributed by atoms with Crippen molar-refractivity contribution in [3.8, 4) is 0 Å². The molecule has 92 valence electrons. The van der Waals surface area contributed by atoms with Crippen LogP contribution in [0, 0.1) is 5.92 Å². The van der Waals surface area contributed by atoms with E-state index in [0.29, 0.717) is 5.92 Å². The lowest BCUT2D eigenvalue weighted by Gasteiger charge is -2.47. The van der Waals surface area contributed by atoms with Gasteiger partial charge in [0.15, 0.2) is 0 Å². The van der Waals surface area contributed by atoms with Crippen molar-refractivity contribution in [1.82, 2.24) is 0 Å². The normalized spacial score (nSPS) is 38.0. The molecule has 3 fully saturated rings. The highest BCUT2D eigenvalue weighted by Gasteiger charge is 2.48. The van der Waals surface area contributed by atoms with E-state index in [0.717, 1.165) is 31.5 Å². The van der Waals surface area contributed by atoms with E-state index in [1.165, 1.54) is 4.90 Å². The number of benzene rings is 1. The predicted molar refractivity (Wildman–Crippen MR) is 64.6 cm³/mol. The van der Waals surface area contributed by atoms with E-state index in [4.69, 9.17) is 0 Å². The smallest absolute Gasteiger partial charge is 0.144 e. The topological polar surface area (TPSA) is 44.9 Å². The highest BCUT2D eigenvalue weighted by molar-refractivity contribution is 5.19. The summed E-state index contributed by atoms with van der Waals surface area (Å²) < 4.78 is 0. The molecular weight excluding hydrogens is 214 g/mol. The van der Waals surface area contributed by atoms with Crippen LogP contribution in [-0.2, 0) is 0 Å². The third kappa shape index (κ3) is 1.88. The zero-order valence-corrected chi connectivity index (χ0v) is 9.92. The molecule has 1 aromatic carbocycles. The molecule has 3 nitrogen and oxygen atoms in total. The van der Waals surface area contributed by atoms with Gasteiger partial charge in [0.25, 0.3) is 0 Å². The highest BCUT2D eigenvalue weighted by Crippen LogP contribution is 2.28. The molecule has 0 radical (unpaired) electrons. The Morgan fingerprint density at radius 3 is 2.35 bits per heavy atom. The number of nitrogens with one attached hydrogen (secondary N) is 1. The Kier molecular flexibility index (Phi) is 2.90. The average Bonchev–Trinajstić information content (AvgIpc) is 2.40. The number of quaternary nitrogens is 1. The summed E-state index contributed by atoms with van der Waals surface area (Å²) in [5.41, 5.74) is 0.927. The highest BCUT2D eigenvalue weighted by atomic mass is 16.3. The molecule has 3 saturated heterocycles. The molecule has 3 aliphatic rings. The molecule has 0 amide bonds. The Morgan fingerprint density at radius 2 is 1.76 bits per heavy atom. The molecule has 3 N–H and O–H groups in total.